The third-order valence-electron chi connectivity index (χ3n) is 4.38. The van der Waals surface area contributed by atoms with Crippen molar-refractivity contribution >= 4 is 0 Å². The Hall–Kier alpha value is -1.69. The van der Waals surface area contributed by atoms with E-state index in [0.29, 0.717) is 6.61 Å². The number of aryl methyl sites for hydroxylation is 1. The van der Waals surface area contributed by atoms with Crippen molar-refractivity contribution < 1.29 is 9.47 Å². The summed E-state index contributed by atoms with van der Waals surface area (Å²) in [5.74, 6) is 0. The maximum atomic E-state index is 5.96. The molecule has 2 heterocycles. The molecule has 1 aliphatic rings. The summed E-state index contributed by atoms with van der Waals surface area (Å²) >= 11 is 0. The maximum absolute atomic E-state index is 5.96. The molecule has 5 heteroatoms. The Morgan fingerprint density at radius 3 is 2.87 bits per heavy atom. The zero-order valence-electron chi connectivity index (χ0n) is 13.8. The van der Waals surface area contributed by atoms with E-state index in [0.717, 1.165) is 25.1 Å². The topological polar surface area (TPSA) is 48.3 Å². The SMILES string of the molecule is COCC(Cc1ccccc1)N[C@H]1CCO[C@@H]1c1ccnn1C. The van der Waals surface area contributed by atoms with E-state index in [9.17, 15) is 0 Å². The fraction of sp³-hybridized carbons (Fsp3) is 0.500. The molecule has 0 bridgehead atoms. The highest BCUT2D eigenvalue weighted by molar-refractivity contribution is 5.16. The minimum Gasteiger partial charge on any atom is -0.383 e. The Labute approximate surface area is 137 Å². The van der Waals surface area contributed by atoms with Gasteiger partial charge in [-0.15, -0.1) is 0 Å². The van der Waals surface area contributed by atoms with Gasteiger partial charge in [0.1, 0.15) is 6.10 Å². The molecule has 2 aromatic rings. The number of hydrogen-bond acceptors (Lipinski definition) is 4. The number of aromatic nitrogens is 2. The van der Waals surface area contributed by atoms with Gasteiger partial charge in [0, 0.05) is 39.0 Å². The van der Waals surface area contributed by atoms with Crippen molar-refractivity contribution in [3.05, 3.63) is 53.9 Å². The van der Waals surface area contributed by atoms with Crippen LogP contribution in [0.3, 0.4) is 0 Å². The van der Waals surface area contributed by atoms with Crippen LogP contribution in [0.25, 0.3) is 0 Å². The molecular formula is C18H25N3O2. The first-order valence-corrected chi connectivity index (χ1v) is 8.16. The summed E-state index contributed by atoms with van der Waals surface area (Å²) in [6.45, 7) is 1.46. The lowest BCUT2D eigenvalue weighted by Gasteiger charge is -2.26. The Bertz CT molecular complexity index is 599. The minimum atomic E-state index is 0.0534. The van der Waals surface area contributed by atoms with Gasteiger partial charge in [0.25, 0.3) is 0 Å². The highest BCUT2D eigenvalue weighted by Crippen LogP contribution is 2.29. The minimum absolute atomic E-state index is 0.0534. The van der Waals surface area contributed by atoms with Crippen molar-refractivity contribution in [2.24, 2.45) is 7.05 Å². The summed E-state index contributed by atoms with van der Waals surface area (Å²) in [5, 5.41) is 8.00. The molecule has 124 valence electrons. The molecule has 5 nitrogen and oxygen atoms in total. The normalized spacial score (nSPS) is 22.3. The van der Waals surface area contributed by atoms with E-state index in [4.69, 9.17) is 9.47 Å². The molecular weight excluding hydrogens is 290 g/mol. The van der Waals surface area contributed by atoms with Crippen LogP contribution in [0.5, 0.6) is 0 Å². The second kappa shape index (κ2) is 7.73. The second-order valence-electron chi connectivity index (χ2n) is 6.07. The van der Waals surface area contributed by atoms with E-state index in [-0.39, 0.29) is 18.2 Å². The third-order valence-corrected chi connectivity index (χ3v) is 4.38. The Morgan fingerprint density at radius 1 is 1.35 bits per heavy atom. The molecule has 0 spiro atoms. The lowest BCUT2D eigenvalue weighted by atomic mass is 10.0. The highest BCUT2D eigenvalue weighted by atomic mass is 16.5. The smallest absolute Gasteiger partial charge is 0.114 e. The number of hydrogen-bond donors (Lipinski definition) is 1. The first kappa shape index (κ1) is 16.2. The van der Waals surface area contributed by atoms with Gasteiger partial charge in [-0.1, -0.05) is 30.3 Å². The fourth-order valence-corrected chi connectivity index (χ4v) is 3.28. The van der Waals surface area contributed by atoms with E-state index < -0.39 is 0 Å². The molecule has 1 aromatic heterocycles. The average molecular weight is 315 g/mol. The highest BCUT2D eigenvalue weighted by Gasteiger charge is 2.33. The zero-order chi connectivity index (χ0) is 16.1. The van der Waals surface area contributed by atoms with Gasteiger partial charge < -0.3 is 14.8 Å². The van der Waals surface area contributed by atoms with Gasteiger partial charge in [-0.05, 0) is 24.5 Å². The number of rotatable bonds is 7. The van der Waals surface area contributed by atoms with Crippen molar-refractivity contribution in [1.82, 2.24) is 15.1 Å². The van der Waals surface area contributed by atoms with E-state index in [2.05, 4.69) is 34.7 Å². The van der Waals surface area contributed by atoms with E-state index in [1.54, 1.807) is 7.11 Å². The van der Waals surface area contributed by atoms with Crippen molar-refractivity contribution in [3.63, 3.8) is 0 Å². The predicted molar refractivity (Wildman–Crippen MR) is 89.3 cm³/mol. The predicted octanol–water partition coefficient (Wildman–Crippen LogP) is 2.10. The summed E-state index contributed by atoms with van der Waals surface area (Å²) in [6.07, 6.45) is 3.83. The van der Waals surface area contributed by atoms with Crippen LogP contribution in [0.4, 0.5) is 0 Å². The van der Waals surface area contributed by atoms with Gasteiger partial charge in [0.15, 0.2) is 0 Å². The molecule has 3 rings (SSSR count). The van der Waals surface area contributed by atoms with Crippen LogP contribution in [0.2, 0.25) is 0 Å². The van der Waals surface area contributed by atoms with Crippen LogP contribution in [-0.2, 0) is 22.9 Å². The van der Waals surface area contributed by atoms with Gasteiger partial charge in [-0.3, -0.25) is 4.68 Å². The van der Waals surface area contributed by atoms with Crippen LogP contribution < -0.4 is 5.32 Å². The number of benzene rings is 1. The molecule has 3 atom stereocenters. The average Bonchev–Trinajstić information content (AvgIpc) is 3.17. The van der Waals surface area contributed by atoms with Crippen LogP contribution >= 0.6 is 0 Å². The van der Waals surface area contributed by atoms with Crippen molar-refractivity contribution in [1.29, 1.82) is 0 Å². The largest absolute Gasteiger partial charge is 0.383 e. The number of nitrogens with one attached hydrogen (secondary N) is 1. The van der Waals surface area contributed by atoms with Crippen LogP contribution in [0.1, 0.15) is 23.8 Å². The third kappa shape index (κ3) is 3.99. The van der Waals surface area contributed by atoms with Gasteiger partial charge in [-0.25, -0.2) is 0 Å². The van der Waals surface area contributed by atoms with Gasteiger partial charge in [0.2, 0.25) is 0 Å². The summed E-state index contributed by atoms with van der Waals surface area (Å²) in [7, 11) is 3.72. The van der Waals surface area contributed by atoms with Crippen LogP contribution in [0, 0.1) is 0 Å². The molecule has 1 N–H and O–H groups in total. The Morgan fingerprint density at radius 2 is 2.17 bits per heavy atom. The molecule has 0 radical (unpaired) electrons. The van der Waals surface area contributed by atoms with Crippen molar-refractivity contribution in [2.45, 2.75) is 31.0 Å². The molecule has 0 saturated carbocycles. The molecule has 1 aliphatic heterocycles. The number of methoxy groups -OCH3 is 1. The quantitative estimate of drug-likeness (QED) is 0.850. The molecule has 0 amide bonds. The van der Waals surface area contributed by atoms with Gasteiger partial charge in [0.05, 0.1) is 12.3 Å². The summed E-state index contributed by atoms with van der Waals surface area (Å²) < 4.78 is 13.3. The summed E-state index contributed by atoms with van der Waals surface area (Å²) in [4.78, 5) is 0. The molecule has 1 saturated heterocycles. The van der Waals surface area contributed by atoms with Gasteiger partial charge in [-0.2, -0.15) is 5.10 Å². The first-order chi connectivity index (χ1) is 11.3. The Balaban J connectivity index is 1.68. The monoisotopic (exact) mass is 315 g/mol. The molecule has 23 heavy (non-hydrogen) atoms. The summed E-state index contributed by atoms with van der Waals surface area (Å²) in [6, 6.07) is 13.1. The Kier molecular flexibility index (Phi) is 5.43. The molecule has 1 fully saturated rings. The van der Waals surface area contributed by atoms with Crippen LogP contribution in [-0.4, -0.2) is 42.2 Å². The van der Waals surface area contributed by atoms with Gasteiger partial charge >= 0.3 is 0 Å². The van der Waals surface area contributed by atoms with E-state index >= 15 is 0 Å². The number of nitrogens with zero attached hydrogens (tertiary/aromatic N) is 2. The first-order valence-electron chi connectivity index (χ1n) is 8.16. The van der Waals surface area contributed by atoms with Crippen molar-refractivity contribution in [3.8, 4) is 0 Å². The maximum Gasteiger partial charge on any atom is 0.114 e. The molecule has 1 aromatic carbocycles. The standard InChI is InChI=1S/C18H25N3O2/c1-21-17(8-10-19-21)18-16(9-11-23-18)20-15(13-22-2)12-14-6-4-3-5-7-14/h3-8,10,15-16,18,20H,9,11-13H2,1-2H3/t15?,16-,18-/m0/s1. The van der Waals surface area contributed by atoms with Crippen LogP contribution in [0.15, 0.2) is 42.6 Å². The second-order valence-corrected chi connectivity index (χ2v) is 6.07. The lowest BCUT2D eigenvalue weighted by Crippen LogP contribution is -2.44. The molecule has 0 aliphatic carbocycles. The van der Waals surface area contributed by atoms with E-state index in [1.807, 2.05) is 30.1 Å². The van der Waals surface area contributed by atoms with E-state index in [1.165, 1.54) is 5.56 Å². The lowest BCUT2D eigenvalue weighted by molar-refractivity contribution is 0.0841. The number of ether oxygens (including phenoxy) is 2. The zero-order valence-corrected chi connectivity index (χ0v) is 13.8. The summed E-state index contributed by atoms with van der Waals surface area (Å²) in [5.41, 5.74) is 2.44. The fourth-order valence-electron chi connectivity index (χ4n) is 3.28. The van der Waals surface area contributed by atoms with Crippen molar-refractivity contribution in [2.75, 3.05) is 20.3 Å². The molecule has 1 unspecified atom stereocenters.